The van der Waals surface area contributed by atoms with Gasteiger partial charge in [0.25, 0.3) is 0 Å². The molecule has 0 aliphatic carbocycles. The summed E-state index contributed by atoms with van der Waals surface area (Å²) in [6.45, 7) is 7.23. The van der Waals surface area contributed by atoms with E-state index in [4.69, 9.17) is 4.74 Å². The van der Waals surface area contributed by atoms with Crippen LogP contribution >= 0.6 is 12.4 Å². The third-order valence-electron chi connectivity index (χ3n) is 4.76. The number of carbonyl (C=O) groups excluding carboxylic acids is 1. The Balaban J connectivity index is 0.00000243. The second kappa shape index (κ2) is 9.90. The normalized spacial score (nSPS) is 19.9. The highest BCUT2D eigenvalue weighted by Gasteiger charge is 2.26. The zero-order valence-corrected chi connectivity index (χ0v) is 16.3. The maximum Gasteiger partial charge on any atom is 0.229 e. The maximum absolute atomic E-state index is 12.7. The minimum atomic E-state index is 0. The van der Waals surface area contributed by atoms with E-state index in [2.05, 4.69) is 27.1 Å². The number of fused-ring (bicyclic) bond motifs is 1. The van der Waals surface area contributed by atoms with Crippen molar-refractivity contribution in [1.29, 1.82) is 0 Å². The van der Waals surface area contributed by atoms with Gasteiger partial charge in [0.1, 0.15) is 0 Å². The summed E-state index contributed by atoms with van der Waals surface area (Å²) in [5.74, 6) is 0.775. The fraction of sp³-hybridized carbons (Fsp3) is 0.579. The van der Waals surface area contributed by atoms with E-state index in [1.165, 1.54) is 0 Å². The van der Waals surface area contributed by atoms with Crippen LogP contribution < -0.4 is 10.6 Å². The van der Waals surface area contributed by atoms with Crippen LogP contribution in [0.5, 0.6) is 0 Å². The lowest BCUT2D eigenvalue weighted by Crippen LogP contribution is -2.40. The van der Waals surface area contributed by atoms with Crippen LogP contribution in [-0.2, 0) is 16.1 Å². The van der Waals surface area contributed by atoms with Crippen molar-refractivity contribution >= 4 is 35.3 Å². The number of piperidine rings is 1. The van der Waals surface area contributed by atoms with Gasteiger partial charge >= 0.3 is 0 Å². The molecular weight excluding hydrogens is 352 g/mol. The number of anilines is 1. The fourth-order valence-corrected chi connectivity index (χ4v) is 3.45. The van der Waals surface area contributed by atoms with Gasteiger partial charge in [0.05, 0.1) is 11.0 Å². The van der Waals surface area contributed by atoms with Crippen LogP contribution in [0.4, 0.5) is 5.95 Å². The molecule has 1 fully saturated rings. The van der Waals surface area contributed by atoms with Gasteiger partial charge in [-0.1, -0.05) is 12.1 Å². The number of rotatable bonds is 7. The molecule has 1 aromatic carbocycles. The minimum Gasteiger partial charge on any atom is -0.382 e. The Morgan fingerprint density at radius 1 is 1.42 bits per heavy atom. The summed E-state index contributed by atoms with van der Waals surface area (Å²) in [7, 11) is 0. The van der Waals surface area contributed by atoms with E-state index in [-0.39, 0.29) is 24.2 Å². The van der Waals surface area contributed by atoms with E-state index in [1.54, 1.807) is 0 Å². The molecule has 1 aliphatic rings. The standard InChI is InChI=1S/C19H28N4O2.ClH/c1-3-25-12-6-11-23-17-8-5-4-7-16(17)21-19(23)22-18(24)15-9-10-20-14(2)13-15;/h4-5,7-8,14-15,20H,3,6,9-13H2,1-2H3,(H,21,22,24);1H/t14-,15-;/m0./s1. The van der Waals surface area contributed by atoms with Gasteiger partial charge in [0, 0.05) is 31.7 Å². The lowest BCUT2D eigenvalue weighted by molar-refractivity contribution is -0.120. The molecule has 3 rings (SSSR count). The van der Waals surface area contributed by atoms with Gasteiger partial charge in [-0.15, -0.1) is 12.4 Å². The van der Waals surface area contributed by atoms with E-state index in [1.807, 2.05) is 31.2 Å². The molecule has 7 heteroatoms. The van der Waals surface area contributed by atoms with Crippen molar-refractivity contribution in [3.63, 3.8) is 0 Å². The Hall–Kier alpha value is -1.63. The largest absolute Gasteiger partial charge is 0.382 e. The Morgan fingerprint density at radius 2 is 2.23 bits per heavy atom. The van der Waals surface area contributed by atoms with E-state index in [0.717, 1.165) is 50.0 Å². The predicted molar refractivity (Wildman–Crippen MR) is 107 cm³/mol. The molecule has 26 heavy (non-hydrogen) atoms. The number of amides is 1. The van der Waals surface area contributed by atoms with Gasteiger partial charge in [-0.2, -0.15) is 0 Å². The van der Waals surface area contributed by atoms with Crippen molar-refractivity contribution in [2.75, 3.05) is 25.1 Å². The number of aromatic nitrogens is 2. The molecule has 144 valence electrons. The summed E-state index contributed by atoms with van der Waals surface area (Å²) < 4.78 is 7.54. The first kappa shape index (κ1) is 20.7. The first-order valence-electron chi connectivity index (χ1n) is 9.26. The minimum absolute atomic E-state index is 0. The van der Waals surface area contributed by atoms with Crippen LogP contribution in [-0.4, -0.2) is 41.3 Å². The number of benzene rings is 1. The number of carbonyl (C=O) groups is 1. The van der Waals surface area contributed by atoms with Crippen molar-refractivity contribution in [2.24, 2.45) is 5.92 Å². The number of nitrogens with one attached hydrogen (secondary N) is 2. The molecule has 0 bridgehead atoms. The second-order valence-corrected chi connectivity index (χ2v) is 6.69. The van der Waals surface area contributed by atoms with Gasteiger partial charge in [0.15, 0.2) is 0 Å². The first-order valence-corrected chi connectivity index (χ1v) is 9.26. The molecular formula is C19H29ClN4O2. The summed E-state index contributed by atoms with van der Waals surface area (Å²) in [4.78, 5) is 17.3. The quantitative estimate of drug-likeness (QED) is 0.724. The van der Waals surface area contributed by atoms with Crippen LogP contribution in [0.2, 0.25) is 0 Å². The molecule has 2 N–H and O–H groups in total. The van der Waals surface area contributed by atoms with Crippen LogP contribution in [0.3, 0.4) is 0 Å². The smallest absolute Gasteiger partial charge is 0.229 e. The molecule has 2 atom stereocenters. The topological polar surface area (TPSA) is 68.2 Å². The third-order valence-corrected chi connectivity index (χ3v) is 4.76. The number of hydrogen-bond donors (Lipinski definition) is 2. The molecule has 1 aliphatic heterocycles. The van der Waals surface area contributed by atoms with E-state index < -0.39 is 0 Å². The van der Waals surface area contributed by atoms with E-state index >= 15 is 0 Å². The number of aryl methyl sites for hydroxylation is 1. The van der Waals surface area contributed by atoms with Gasteiger partial charge in [0.2, 0.25) is 11.9 Å². The fourth-order valence-electron chi connectivity index (χ4n) is 3.45. The van der Waals surface area contributed by atoms with Crippen molar-refractivity contribution in [3.05, 3.63) is 24.3 Å². The molecule has 0 radical (unpaired) electrons. The second-order valence-electron chi connectivity index (χ2n) is 6.69. The number of para-hydroxylation sites is 2. The molecule has 0 spiro atoms. The summed E-state index contributed by atoms with van der Waals surface area (Å²) >= 11 is 0. The average molecular weight is 381 g/mol. The van der Waals surface area contributed by atoms with Gasteiger partial charge < -0.3 is 14.6 Å². The Morgan fingerprint density at radius 3 is 3.00 bits per heavy atom. The zero-order valence-electron chi connectivity index (χ0n) is 15.5. The van der Waals surface area contributed by atoms with Gasteiger partial charge in [-0.25, -0.2) is 4.98 Å². The molecule has 0 saturated carbocycles. The summed E-state index contributed by atoms with van der Waals surface area (Å²) in [6.07, 6.45) is 2.64. The zero-order chi connectivity index (χ0) is 17.6. The molecule has 2 aromatic rings. The number of ether oxygens (including phenoxy) is 1. The maximum atomic E-state index is 12.7. The van der Waals surface area contributed by atoms with Crippen molar-refractivity contribution in [1.82, 2.24) is 14.9 Å². The average Bonchev–Trinajstić information content (AvgIpc) is 2.96. The lowest BCUT2D eigenvalue weighted by atomic mass is 9.92. The lowest BCUT2D eigenvalue weighted by Gasteiger charge is -2.27. The Kier molecular flexibility index (Phi) is 7.87. The highest BCUT2D eigenvalue weighted by molar-refractivity contribution is 5.93. The van der Waals surface area contributed by atoms with Crippen LogP contribution in [0, 0.1) is 5.92 Å². The van der Waals surface area contributed by atoms with Crippen LogP contribution in [0.1, 0.15) is 33.1 Å². The highest BCUT2D eigenvalue weighted by Crippen LogP contribution is 2.23. The Bertz CT molecular complexity index is 719. The summed E-state index contributed by atoms with van der Waals surface area (Å²) in [6, 6.07) is 8.39. The summed E-state index contributed by atoms with van der Waals surface area (Å²) in [5.41, 5.74) is 1.96. The molecule has 0 unspecified atom stereocenters. The van der Waals surface area contributed by atoms with Crippen LogP contribution in [0.15, 0.2) is 24.3 Å². The molecule has 2 heterocycles. The number of nitrogens with zero attached hydrogens (tertiary/aromatic N) is 2. The van der Waals surface area contributed by atoms with E-state index in [9.17, 15) is 4.79 Å². The molecule has 1 saturated heterocycles. The van der Waals surface area contributed by atoms with E-state index in [0.29, 0.717) is 18.6 Å². The molecule has 1 aromatic heterocycles. The third kappa shape index (κ3) is 4.96. The predicted octanol–water partition coefficient (Wildman–Crippen LogP) is 3.21. The van der Waals surface area contributed by atoms with Gasteiger partial charge in [-0.3, -0.25) is 10.1 Å². The van der Waals surface area contributed by atoms with Crippen LogP contribution in [0.25, 0.3) is 11.0 Å². The Labute approximate surface area is 161 Å². The SMILES string of the molecule is CCOCCCn1c(NC(=O)[C@H]2CCN[C@@H](C)C2)nc2ccccc21.Cl. The van der Waals surface area contributed by atoms with Gasteiger partial charge in [-0.05, 0) is 51.8 Å². The van der Waals surface area contributed by atoms with Crippen molar-refractivity contribution in [2.45, 2.75) is 45.7 Å². The number of hydrogen-bond acceptors (Lipinski definition) is 4. The highest BCUT2D eigenvalue weighted by atomic mass is 35.5. The van der Waals surface area contributed by atoms with Crippen molar-refractivity contribution in [3.8, 4) is 0 Å². The number of imidazole rings is 1. The summed E-state index contributed by atoms with van der Waals surface area (Å²) in [5, 5.41) is 6.46. The monoisotopic (exact) mass is 380 g/mol. The number of halogens is 1. The molecule has 1 amide bonds. The molecule has 6 nitrogen and oxygen atoms in total. The first-order chi connectivity index (χ1) is 12.2. The van der Waals surface area contributed by atoms with Crippen molar-refractivity contribution < 1.29 is 9.53 Å².